The maximum atomic E-state index is 12.1. The third kappa shape index (κ3) is 5.00. The predicted molar refractivity (Wildman–Crippen MR) is 90.5 cm³/mol. The van der Waals surface area contributed by atoms with Crippen LogP contribution < -0.4 is 10.6 Å². The van der Waals surface area contributed by atoms with Gasteiger partial charge < -0.3 is 15.5 Å². The molecule has 1 aromatic carbocycles. The predicted octanol–water partition coefficient (Wildman–Crippen LogP) is 2.14. The van der Waals surface area contributed by atoms with Crippen molar-refractivity contribution in [3.63, 3.8) is 0 Å². The lowest BCUT2D eigenvalue weighted by Gasteiger charge is -2.15. The first-order valence-corrected chi connectivity index (χ1v) is 7.39. The molecular weight excluding hydrogens is 302 g/mol. The van der Waals surface area contributed by atoms with E-state index in [1.807, 2.05) is 6.07 Å². The second-order valence-electron chi connectivity index (χ2n) is 5.69. The fraction of sp³-hybridized carbons (Fsp3) is 0.500. The largest absolute Gasteiger partial charge is 0.345 e. The molecule has 5 nitrogen and oxygen atoms in total. The summed E-state index contributed by atoms with van der Waals surface area (Å²) < 4.78 is 0. The maximum Gasteiger partial charge on any atom is 0.255 e. The van der Waals surface area contributed by atoms with Crippen molar-refractivity contribution in [1.29, 1.82) is 0 Å². The lowest BCUT2D eigenvalue weighted by Crippen LogP contribution is -2.24. The molecule has 0 bridgehead atoms. The van der Waals surface area contributed by atoms with Gasteiger partial charge in [-0.05, 0) is 44.0 Å². The van der Waals surface area contributed by atoms with E-state index >= 15 is 0 Å². The van der Waals surface area contributed by atoms with Gasteiger partial charge in [-0.25, -0.2) is 0 Å². The van der Waals surface area contributed by atoms with Crippen molar-refractivity contribution in [2.45, 2.75) is 19.3 Å². The lowest BCUT2D eigenvalue weighted by atomic mass is 10.0. The van der Waals surface area contributed by atoms with E-state index in [1.165, 1.54) is 4.90 Å². The number of anilines is 1. The molecule has 22 heavy (non-hydrogen) atoms. The van der Waals surface area contributed by atoms with E-state index in [4.69, 9.17) is 0 Å². The molecule has 1 aliphatic rings. The molecule has 2 rings (SSSR count). The highest BCUT2D eigenvalue weighted by molar-refractivity contribution is 6.03. The van der Waals surface area contributed by atoms with Crippen LogP contribution in [0, 0.1) is 5.92 Å². The summed E-state index contributed by atoms with van der Waals surface area (Å²) in [4.78, 5) is 25.6. The Kier molecular flexibility index (Phi) is 7.35. The monoisotopic (exact) mass is 325 g/mol. The number of halogens is 1. The van der Waals surface area contributed by atoms with Crippen molar-refractivity contribution in [3.05, 3.63) is 29.8 Å². The van der Waals surface area contributed by atoms with Crippen molar-refractivity contribution >= 4 is 29.9 Å². The zero-order valence-electron chi connectivity index (χ0n) is 13.1. The molecule has 1 unspecified atom stereocenters. The number of hydrogen-bond donors (Lipinski definition) is 2. The van der Waals surface area contributed by atoms with Crippen molar-refractivity contribution in [1.82, 2.24) is 10.2 Å². The van der Waals surface area contributed by atoms with E-state index in [1.54, 1.807) is 32.3 Å². The van der Waals surface area contributed by atoms with Gasteiger partial charge in [0.2, 0.25) is 5.91 Å². The molecule has 0 aliphatic carbocycles. The van der Waals surface area contributed by atoms with Crippen molar-refractivity contribution in [2.24, 2.45) is 5.92 Å². The van der Waals surface area contributed by atoms with Gasteiger partial charge in [0.15, 0.2) is 0 Å². The van der Waals surface area contributed by atoms with Gasteiger partial charge in [0.1, 0.15) is 0 Å². The van der Waals surface area contributed by atoms with E-state index in [0.29, 0.717) is 23.6 Å². The molecule has 1 saturated heterocycles. The van der Waals surface area contributed by atoms with Crippen molar-refractivity contribution < 1.29 is 9.59 Å². The average Bonchev–Trinajstić information content (AvgIpc) is 2.98. The van der Waals surface area contributed by atoms with Crippen LogP contribution in [0.3, 0.4) is 0 Å². The van der Waals surface area contributed by atoms with Crippen LogP contribution in [-0.2, 0) is 4.79 Å². The number of para-hydroxylation sites is 1. The molecule has 1 aromatic rings. The molecule has 2 N–H and O–H groups in total. The first-order chi connectivity index (χ1) is 10.1. The molecule has 0 radical (unpaired) electrons. The first kappa shape index (κ1) is 18.5. The highest BCUT2D eigenvalue weighted by Crippen LogP contribution is 2.18. The Morgan fingerprint density at radius 2 is 2.05 bits per heavy atom. The van der Waals surface area contributed by atoms with Crippen LogP contribution in [-0.4, -0.2) is 43.9 Å². The fourth-order valence-corrected chi connectivity index (χ4v) is 2.53. The standard InChI is InChI=1S/C16H23N3O2.ClH/c1-19(2)16(21)13-5-3-4-6-14(13)18-15(20)8-7-12-9-10-17-11-12;/h3-6,12,17H,7-11H2,1-2H3,(H,18,20);1H. The highest BCUT2D eigenvalue weighted by atomic mass is 35.5. The van der Waals surface area contributed by atoms with Crippen LogP contribution in [0.4, 0.5) is 5.69 Å². The SMILES string of the molecule is CN(C)C(=O)c1ccccc1NC(=O)CCC1CCNC1.Cl. The Balaban J connectivity index is 0.00000242. The Morgan fingerprint density at radius 1 is 1.32 bits per heavy atom. The molecule has 6 heteroatoms. The second-order valence-corrected chi connectivity index (χ2v) is 5.69. The molecule has 0 spiro atoms. The van der Waals surface area contributed by atoms with E-state index in [0.717, 1.165) is 25.9 Å². The summed E-state index contributed by atoms with van der Waals surface area (Å²) in [6.45, 7) is 2.05. The molecule has 1 heterocycles. The Bertz CT molecular complexity index is 514. The van der Waals surface area contributed by atoms with Crippen LogP contribution >= 0.6 is 12.4 Å². The zero-order chi connectivity index (χ0) is 15.2. The van der Waals surface area contributed by atoms with Gasteiger partial charge >= 0.3 is 0 Å². The fourth-order valence-electron chi connectivity index (χ4n) is 2.53. The van der Waals surface area contributed by atoms with Crippen molar-refractivity contribution in [2.75, 3.05) is 32.5 Å². The van der Waals surface area contributed by atoms with Crippen molar-refractivity contribution in [3.8, 4) is 0 Å². The lowest BCUT2D eigenvalue weighted by molar-refractivity contribution is -0.116. The molecule has 122 valence electrons. The topological polar surface area (TPSA) is 61.4 Å². The number of carbonyl (C=O) groups excluding carboxylic acids is 2. The van der Waals surface area contributed by atoms with E-state index in [-0.39, 0.29) is 24.2 Å². The molecule has 1 aliphatic heterocycles. The van der Waals surface area contributed by atoms with Gasteiger partial charge in [-0.15, -0.1) is 12.4 Å². The smallest absolute Gasteiger partial charge is 0.255 e. The summed E-state index contributed by atoms with van der Waals surface area (Å²) in [6.07, 6.45) is 2.53. The van der Waals surface area contributed by atoms with Gasteiger partial charge in [0.25, 0.3) is 5.91 Å². The number of rotatable bonds is 5. The first-order valence-electron chi connectivity index (χ1n) is 7.39. The zero-order valence-corrected chi connectivity index (χ0v) is 13.9. The number of nitrogens with zero attached hydrogens (tertiary/aromatic N) is 1. The van der Waals surface area contributed by atoms with Gasteiger partial charge in [-0.2, -0.15) is 0 Å². The van der Waals surface area contributed by atoms with Gasteiger partial charge in [-0.1, -0.05) is 12.1 Å². The summed E-state index contributed by atoms with van der Waals surface area (Å²) in [5, 5.41) is 6.16. The van der Waals surface area contributed by atoms with E-state index in [9.17, 15) is 9.59 Å². The Hall–Kier alpha value is -1.59. The van der Waals surface area contributed by atoms with Crippen LogP contribution in [0.2, 0.25) is 0 Å². The van der Waals surface area contributed by atoms with E-state index in [2.05, 4.69) is 10.6 Å². The summed E-state index contributed by atoms with van der Waals surface area (Å²) in [7, 11) is 3.40. The minimum absolute atomic E-state index is 0. The molecule has 0 saturated carbocycles. The molecule has 2 amide bonds. The van der Waals surface area contributed by atoms with Crippen LogP contribution in [0.5, 0.6) is 0 Å². The van der Waals surface area contributed by atoms with Gasteiger partial charge in [0, 0.05) is 20.5 Å². The van der Waals surface area contributed by atoms with Crippen LogP contribution in [0.25, 0.3) is 0 Å². The third-order valence-corrected chi connectivity index (χ3v) is 3.78. The highest BCUT2D eigenvalue weighted by Gasteiger charge is 2.17. The van der Waals surface area contributed by atoms with E-state index < -0.39 is 0 Å². The summed E-state index contributed by atoms with van der Waals surface area (Å²) >= 11 is 0. The van der Waals surface area contributed by atoms with Crippen LogP contribution in [0.15, 0.2) is 24.3 Å². The Morgan fingerprint density at radius 3 is 2.68 bits per heavy atom. The molecule has 0 aromatic heterocycles. The molecular formula is C16H24ClN3O2. The quantitative estimate of drug-likeness (QED) is 0.872. The number of nitrogens with one attached hydrogen (secondary N) is 2. The summed E-state index contributed by atoms with van der Waals surface area (Å²) in [5.41, 5.74) is 1.11. The summed E-state index contributed by atoms with van der Waals surface area (Å²) in [5.74, 6) is 0.459. The maximum absolute atomic E-state index is 12.1. The number of carbonyl (C=O) groups is 2. The summed E-state index contributed by atoms with van der Waals surface area (Å²) in [6, 6.07) is 7.13. The average molecular weight is 326 g/mol. The number of amides is 2. The van der Waals surface area contributed by atoms with Gasteiger partial charge in [-0.3, -0.25) is 9.59 Å². The normalized spacial score (nSPS) is 16.7. The van der Waals surface area contributed by atoms with Gasteiger partial charge in [0.05, 0.1) is 11.3 Å². The molecule has 1 atom stereocenters. The van der Waals surface area contributed by atoms with Crippen LogP contribution in [0.1, 0.15) is 29.6 Å². The second kappa shape index (κ2) is 8.76. The minimum atomic E-state index is -0.106. The number of benzene rings is 1. The third-order valence-electron chi connectivity index (χ3n) is 3.78. The Labute approximate surface area is 137 Å². The number of hydrogen-bond acceptors (Lipinski definition) is 3. The molecule has 1 fully saturated rings. The minimum Gasteiger partial charge on any atom is -0.345 e.